The van der Waals surface area contributed by atoms with Crippen molar-refractivity contribution >= 4 is 5.91 Å². The van der Waals surface area contributed by atoms with E-state index in [4.69, 9.17) is 5.73 Å². The molecule has 0 aromatic rings. The molecule has 0 spiro atoms. The molecule has 1 heterocycles. The second kappa shape index (κ2) is 6.93. The Hall–Kier alpha value is -0.650. The van der Waals surface area contributed by atoms with Crippen molar-refractivity contribution in [3.05, 3.63) is 0 Å². The molecule has 2 unspecified atom stereocenters. The topological polar surface area (TPSA) is 61.6 Å². The minimum atomic E-state index is -0.265. The van der Waals surface area contributed by atoms with Crippen molar-refractivity contribution in [2.45, 2.75) is 32.4 Å². The third-order valence-corrected chi connectivity index (χ3v) is 3.71. The number of carbonyl (C=O) groups excluding carboxylic acids is 1. The first kappa shape index (κ1) is 14.4. The summed E-state index contributed by atoms with van der Waals surface area (Å²) in [7, 11) is 1.79. The summed E-state index contributed by atoms with van der Waals surface area (Å²) in [5.41, 5.74) is 5.33. The van der Waals surface area contributed by atoms with Crippen LogP contribution in [0.25, 0.3) is 0 Å². The highest BCUT2D eigenvalue weighted by Crippen LogP contribution is 2.15. The van der Waals surface area contributed by atoms with Crippen LogP contribution in [-0.4, -0.2) is 67.6 Å². The number of rotatable bonds is 7. The van der Waals surface area contributed by atoms with E-state index in [1.165, 1.54) is 6.42 Å². The zero-order chi connectivity index (χ0) is 12.8. The summed E-state index contributed by atoms with van der Waals surface area (Å²) >= 11 is 0. The van der Waals surface area contributed by atoms with Crippen LogP contribution < -0.4 is 11.1 Å². The van der Waals surface area contributed by atoms with Gasteiger partial charge in [0.2, 0.25) is 5.91 Å². The van der Waals surface area contributed by atoms with Gasteiger partial charge in [-0.05, 0) is 33.1 Å². The molecule has 0 saturated carbocycles. The Bertz CT molecular complexity index is 243. The fourth-order valence-corrected chi connectivity index (χ4v) is 2.60. The zero-order valence-corrected chi connectivity index (χ0v) is 11.3. The molecule has 17 heavy (non-hydrogen) atoms. The Morgan fingerprint density at radius 1 is 1.53 bits per heavy atom. The summed E-state index contributed by atoms with van der Waals surface area (Å²) in [6.07, 6.45) is 1.19. The van der Waals surface area contributed by atoms with Gasteiger partial charge in [0.1, 0.15) is 0 Å². The summed E-state index contributed by atoms with van der Waals surface area (Å²) in [6.45, 7) is 9.43. The van der Waals surface area contributed by atoms with Gasteiger partial charge in [-0.3, -0.25) is 14.6 Å². The van der Waals surface area contributed by atoms with Crippen LogP contribution in [0.4, 0.5) is 0 Å². The molecule has 100 valence electrons. The lowest BCUT2D eigenvalue weighted by atomic mass is 10.2. The molecular weight excluding hydrogens is 216 g/mol. The molecule has 0 aromatic carbocycles. The van der Waals surface area contributed by atoms with Crippen LogP contribution in [0.2, 0.25) is 0 Å². The Morgan fingerprint density at radius 2 is 2.18 bits per heavy atom. The summed E-state index contributed by atoms with van der Waals surface area (Å²) in [5.74, 6) is -0.265. The number of likely N-dealkylation sites (N-methyl/N-ethyl adjacent to an activating group) is 2. The summed E-state index contributed by atoms with van der Waals surface area (Å²) in [6, 6.07) is 0.404. The molecule has 0 radical (unpaired) electrons. The predicted molar refractivity (Wildman–Crippen MR) is 69.8 cm³/mol. The van der Waals surface area contributed by atoms with Crippen molar-refractivity contribution in [3.63, 3.8) is 0 Å². The molecule has 3 N–H and O–H groups in total. The Labute approximate surface area is 104 Å². The number of hydrogen-bond donors (Lipinski definition) is 2. The first-order valence-electron chi connectivity index (χ1n) is 6.55. The van der Waals surface area contributed by atoms with Gasteiger partial charge in [0.05, 0.1) is 6.04 Å². The third kappa shape index (κ3) is 3.94. The quantitative estimate of drug-likeness (QED) is 0.630. The van der Waals surface area contributed by atoms with Gasteiger partial charge < -0.3 is 11.1 Å². The van der Waals surface area contributed by atoms with Crippen molar-refractivity contribution in [1.29, 1.82) is 0 Å². The van der Waals surface area contributed by atoms with Crippen molar-refractivity contribution < 1.29 is 4.79 Å². The molecule has 1 aliphatic rings. The lowest BCUT2D eigenvalue weighted by Crippen LogP contribution is -2.48. The van der Waals surface area contributed by atoms with E-state index in [0.717, 1.165) is 32.7 Å². The lowest BCUT2D eigenvalue weighted by Gasteiger charge is -2.27. The third-order valence-electron chi connectivity index (χ3n) is 3.71. The van der Waals surface area contributed by atoms with E-state index < -0.39 is 0 Å². The second-order valence-electron chi connectivity index (χ2n) is 4.67. The number of amides is 1. The van der Waals surface area contributed by atoms with Crippen molar-refractivity contribution in [2.24, 2.45) is 5.73 Å². The lowest BCUT2D eigenvalue weighted by molar-refractivity contribution is -0.120. The second-order valence-corrected chi connectivity index (χ2v) is 4.67. The van der Waals surface area contributed by atoms with Crippen LogP contribution in [0, 0.1) is 0 Å². The highest BCUT2D eigenvalue weighted by atomic mass is 16.1. The van der Waals surface area contributed by atoms with Crippen LogP contribution >= 0.6 is 0 Å². The van der Waals surface area contributed by atoms with Gasteiger partial charge in [0, 0.05) is 19.1 Å². The normalized spacial score (nSPS) is 23.2. The van der Waals surface area contributed by atoms with Gasteiger partial charge in [0.25, 0.3) is 0 Å². The van der Waals surface area contributed by atoms with Crippen molar-refractivity contribution in [2.75, 3.05) is 39.8 Å². The van der Waals surface area contributed by atoms with E-state index >= 15 is 0 Å². The maximum atomic E-state index is 11.2. The maximum Gasteiger partial charge on any atom is 0.235 e. The standard InChI is InChI=1S/C12H26N4O/c1-4-16(5-2)10-6-7-15(8-10)9-11(14-3)12(13)17/h10-11,14H,4-9H2,1-3H3,(H2,13,17). The number of likely N-dealkylation sites (tertiary alicyclic amines) is 1. The van der Waals surface area contributed by atoms with E-state index in [1.54, 1.807) is 7.05 Å². The maximum absolute atomic E-state index is 11.2. The van der Waals surface area contributed by atoms with E-state index in [9.17, 15) is 4.79 Å². The monoisotopic (exact) mass is 242 g/mol. The highest BCUT2D eigenvalue weighted by Gasteiger charge is 2.28. The van der Waals surface area contributed by atoms with Gasteiger partial charge in [-0.15, -0.1) is 0 Å². The van der Waals surface area contributed by atoms with E-state index in [2.05, 4.69) is 29.0 Å². The minimum Gasteiger partial charge on any atom is -0.368 e. The Morgan fingerprint density at radius 3 is 2.65 bits per heavy atom. The molecule has 5 heteroatoms. The molecule has 1 rings (SSSR count). The fraction of sp³-hybridized carbons (Fsp3) is 0.917. The average Bonchev–Trinajstić information content (AvgIpc) is 2.76. The summed E-state index contributed by atoms with van der Waals surface area (Å²) in [5, 5.41) is 2.97. The van der Waals surface area contributed by atoms with Crippen LogP contribution in [0.15, 0.2) is 0 Å². The smallest absolute Gasteiger partial charge is 0.235 e. The van der Waals surface area contributed by atoms with Gasteiger partial charge in [0.15, 0.2) is 0 Å². The molecule has 1 aliphatic heterocycles. The number of nitrogens with zero attached hydrogens (tertiary/aromatic N) is 2. The molecular formula is C12H26N4O. The Kier molecular flexibility index (Phi) is 5.88. The first-order chi connectivity index (χ1) is 8.12. The molecule has 0 bridgehead atoms. The number of carbonyl (C=O) groups is 1. The number of hydrogen-bond acceptors (Lipinski definition) is 4. The molecule has 1 saturated heterocycles. The molecule has 0 aliphatic carbocycles. The number of nitrogens with one attached hydrogen (secondary N) is 1. The fourth-order valence-electron chi connectivity index (χ4n) is 2.60. The van der Waals surface area contributed by atoms with Gasteiger partial charge >= 0.3 is 0 Å². The predicted octanol–water partition coefficient (Wildman–Crippen LogP) is -0.524. The Balaban J connectivity index is 2.42. The van der Waals surface area contributed by atoms with Crippen LogP contribution in [0.1, 0.15) is 20.3 Å². The van der Waals surface area contributed by atoms with Crippen molar-refractivity contribution in [3.8, 4) is 0 Å². The van der Waals surface area contributed by atoms with E-state index in [1.807, 2.05) is 0 Å². The van der Waals surface area contributed by atoms with Crippen molar-refractivity contribution in [1.82, 2.24) is 15.1 Å². The molecule has 1 fully saturated rings. The first-order valence-corrected chi connectivity index (χ1v) is 6.55. The largest absolute Gasteiger partial charge is 0.368 e. The zero-order valence-electron chi connectivity index (χ0n) is 11.3. The number of nitrogens with two attached hydrogens (primary N) is 1. The van der Waals surface area contributed by atoms with E-state index in [0.29, 0.717) is 6.04 Å². The van der Waals surface area contributed by atoms with Crippen LogP contribution in [-0.2, 0) is 4.79 Å². The van der Waals surface area contributed by atoms with Gasteiger partial charge in [-0.2, -0.15) is 0 Å². The molecule has 5 nitrogen and oxygen atoms in total. The summed E-state index contributed by atoms with van der Waals surface area (Å²) < 4.78 is 0. The molecule has 2 atom stereocenters. The van der Waals surface area contributed by atoms with E-state index in [-0.39, 0.29) is 11.9 Å². The SMILES string of the molecule is CCN(CC)C1CCN(CC(NC)C(N)=O)C1. The molecule has 0 aromatic heterocycles. The van der Waals surface area contributed by atoms with Gasteiger partial charge in [-0.25, -0.2) is 0 Å². The highest BCUT2D eigenvalue weighted by molar-refractivity contribution is 5.80. The number of primary amides is 1. The summed E-state index contributed by atoms with van der Waals surface area (Å²) in [4.78, 5) is 16.0. The molecule has 1 amide bonds. The average molecular weight is 242 g/mol. The van der Waals surface area contributed by atoms with Crippen LogP contribution in [0.5, 0.6) is 0 Å². The minimum absolute atomic E-state index is 0.231. The van der Waals surface area contributed by atoms with Gasteiger partial charge in [-0.1, -0.05) is 13.8 Å². The van der Waals surface area contributed by atoms with Crippen LogP contribution in [0.3, 0.4) is 0 Å².